The van der Waals surface area contributed by atoms with E-state index in [1.165, 1.54) is 0 Å². The molecule has 0 aliphatic carbocycles. The molecule has 1 N–H and O–H groups in total. The highest BCUT2D eigenvalue weighted by atomic mass is 16.2. The van der Waals surface area contributed by atoms with Gasteiger partial charge in [0.15, 0.2) is 0 Å². The van der Waals surface area contributed by atoms with E-state index in [1.54, 1.807) is 9.58 Å². The number of urea groups is 1. The van der Waals surface area contributed by atoms with Gasteiger partial charge < -0.3 is 15.1 Å². The smallest absolute Gasteiger partial charge is 0.317 e. The molecule has 1 aromatic rings. The Bertz CT molecular complexity index is 599. The monoisotopic (exact) mass is 320 g/mol. The summed E-state index contributed by atoms with van der Waals surface area (Å²) in [4.78, 5) is 27.2. The normalized spacial score (nSPS) is 19.2. The molecule has 2 saturated heterocycles. The predicted molar refractivity (Wildman–Crippen MR) is 83.6 cm³/mol. The SMILES string of the molecule is CC(C)(C)NC(=O)N1CC(n2cc(CN3CCCC3=O)nn2)C1. The molecule has 0 aromatic carbocycles. The van der Waals surface area contributed by atoms with Crippen molar-refractivity contribution in [2.75, 3.05) is 19.6 Å². The van der Waals surface area contributed by atoms with Gasteiger partial charge in [0.25, 0.3) is 0 Å². The molecule has 23 heavy (non-hydrogen) atoms. The maximum absolute atomic E-state index is 12.0. The van der Waals surface area contributed by atoms with E-state index in [2.05, 4.69) is 15.6 Å². The first-order valence-corrected chi connectivity index (χ1v) is 8.07. The van der Waals surface area contributed by atoms with Gasteiger partial charge in [0.1, 0.15) is 5.69 Å². The second kappa shape index (κ2) is 5.82. The van der Waals surface area contributed by atoms with Gasteiger partial charge in [-0.25, -0.2) is 9.48 Å². The molecule has 0 atom stereocenters. The van der Waals surface area contributed by atoms with Crippen molar-refractivity contribution in [1.29, 1.82) is 0 Å². The minimum absolute atomic E-state index is 0.0447. The molecular formula is C15H24N6O2. The molecule has 1 aromatic heterocycles. The van der Waals surface area contributed by atoms with Crippen LogP contribution < -0.4 is 5.32 Å². The fourth-order valence-corrected chi connectivity index (χ4v) is 2.82. The van der Waals surface area contributed by atoms with E-state index in [1.807, 2.05) is 31.9 Å². The predicted octanol–water partition coefficient (Wildman–Crippen LogP) is 0.765. The molecule has 0 spiro atoms. The lowest BCUT2D eigenvalue weighted by molar-refractivity contribution is -0.128. The molecule has 3 heterocycles. The molecule has 126 valence electrons. The van der Waals surface area contributed by atoms with Gasteiger partial charge in [-0.15, -0.1) is 5.10 Å². The zero-order valence-corrected chi connectivity index (χ0v) is 13.9. The first kappa shape index (κ1) is 15.8. The number of rotatable bonds is 3. The van der Waals surface area contributed by atoms with Crippen LogP contribution in [0.1, 0.15) is 45.3 Å². The fourth-order valence-electron chi connectivity index (χ4n) is 2.82. The summed E-state index contributed by atoms with van der Waals surface area (Å²) in [5.74, 6) is 0.188. The van der Waals surface area contributed by atoms with Crippen molar-refractivity contribution in [3.05, 3.63) is 11.9 Å². The van der Waals surface area contributed by atoms with Crippen molar-refractivity contribution in [3.63, 3.8) is 0 Å². The molecule has 2 fully saturated rings. The molecule has 0 bridgehead atoms. The number of hydrogen-bond donors (Lipinski definition) is 1. The fraction of sp³-hybridized carbons (Fsp3) is 0.733. The largest absolute Gasteiger partial charge is 0.337 e. The van der Waals surface area contributed by atoms with Crippen LogP contribution in [0.4, 0.5) is 4.79 Å². The number of nitrogens with zero attached hydrogens (tertiary/aromatic N) is 5. The summed E-state index contributed by atoms with van der Waals surface area (Å²) in [6, 6.07) is 0.119. The molecule has 3 rings (SSSR count). The van der Waals surface area contributed by atoms with Crippen molar-refractivity contribution in [1.82, 2.24) is 30.1 Å². The van der Waals surface area contributed by atoms with Crippen molar-refractivity contribution in [2.24, 2.45) is 0 Å². The Labute approximate surface area is 135 Å². The van der Waals surface area contributed by atoms with Gasteiger partial charge in [-0.3, -0.25) is 4.79 Å². The molecule has 0 saturated carbocycles. The van der Waals surface area contributed by atoms with Crippen molar-refractivity contribution >= 4 is 11.9 Å². The van der Waals surface area contributed by atoms with Gasteiger partial charge >= 0.3 is 6.03 Å². The van der Waals surface area contributed by atoms with E-state index in [4.69, 9.17) is 0 Å². The summed E-state index contributed by atoms with van der Waals surface area (Å²) in [5, 5.41) is 11.2. The maximum Gasteiger partial charge on any atom is 0.317 e. The summed E-state index contributed by atoms with van der Waals surface area (Å²) >= 11 is 0. The Morgan fingerprint density at radius 1 is 1.39 bits per heavy atom. The second-order valence-electron chi connectivity index (χ2n) is 7.35. The van der Waals surface area contributed by atoms with Gasteiger partial charge in [-0.2, -0.15) is 0 Å². The number of carbonyl (C=O) groups is 2. The average Bonchev–Trinajstić information content (AvgIpc) is 2.96. The topological polar surface area (TPSA) is 83.4 Å². The maximum atomic E-state index is 12.0. The second-order valence-corrected chi connectivity index (χ2v) is 7.35. The Morgan fingerprint density at radius 3 is 2.74 bits per heavy atom. The van der Waals surface area contributed by atoms with Crippen LogP contribution in [-0.4, -0.2) is 61.9 Å². The Morgan fingerprint density at radius 2 is 2.13 bits per heavy atom. The third-order valence-electron chi connectivity index (χ3n) is 4.09. The average molecular weight is 320 g/mol. The van der Waals surface area contributed by atoms with E-state index < -0.39 is 0 Å². The molecule has 2 aliphatic rings. The lowest BCUT2D eigenvalue weighted by Gasteiger charge is -2.40. The van der Waals surface area contributed by atoms with Crippen LogP contribution in [-0.2, 0) is 11.3 Å². The van der Waals surface area contributed by atoms with Crippen molar-refractivity contribution in [3.8, 4) is 0 Å². The minimum Gasteiger partial charge on any atom is -0.337 e. The van der Waals surface area contributed by atoms with E-state index in [0.717, 1.165) is 18.7 Å². The molecule has 3 amide bonds. The van der Waals surface area contributed by atoms with Crippen LogP contribution in [0.15, 0.2) is 6.20 Å². The Balaban J connectivity index is 1.50. The number of nitrogens with one attached hydrogen (secondary N) is 1. The van der Waals surface area contributed by atoms with E-state index in [0.29, 0.717) is 26.1 Å². The Kier molecular flexibility index (Phi) is 3.99. The quantitative estimate of drug-likeness (QED) is 0.891. The van der Waals surface area contributed by atoms with Gasteiger partial charge in [0.2, 0.25) is 5.91 Å². The highest BCUT2D eigenvalue weighted by molar-refractivity contribution is 5.78. The van der Waals surface area contributed by atoms with Crippen LogP contribution in [0, 0.1) is 0 Å². The molecule has 0 unspecified atom stereocenters. The van der Waals surface area contributed by atoms with Crippen LogP contribution >= 0.6 is 0 Å². The van der Waals surface area contributed by atoms with E-state index in [9.17, 15) is 9.59 Å². The highest BCUT2D eigenvalue weighted by Gasteiger charge is 2.34. The van der Waals surface area contributed by atoms with Gasteiger partial charge in [0, 0.05) is 31.6 Å². The van der Waals surface area contributed by atoms with Crippen LogP contribution in [0.25, 0.3) is 0 Å². The number of carbonyl (C=O) groups excluding carboxylic acids is 2. The lowest BCUT2D eigenvalue weighted by atomic mass is 10.1. The summed E-state index contributed by atoms with van der Waals surface area (Å²) in [5.41, 5.74) is 0.572. The van der Waals surface area contributed by atoms with Crippen LogP contribution in [0.5, 0.6) is 0 Å². The number of aromatic nitrogens is 3. The highest BCUT2D eigenvalue weighted by Crippen LogP contribution is 2.21. The van der Waals surface area contributed by atoms with Gasteiger partial charge in [-0.05, 0) is 27.2 Å². The number of likely N-dealkylation sites (tertiary alicyclic amines) is 2. The van der Waals surface area contributed by atoms with E-state index >= 15 is 0 Å². The first-order chi connectivity index (χ1) is 10.8. The molecule has 0 radical (unpaired) electrons. The molecule has 8 heteroatoms. The number of amides is 3. The third kappa shape index (κ3) is 3.62. The van der Waals surface area contributed by atoms with Crippen LogP contribution in [0.2, 0.25) is 0 Å². The van der Waals surface area contributed by atoms with Gasteiger partial charge in [0.05, 0.1) is 18.8 Å². The summed E-state index contributed by atoms with van der Waals surface area (Å²) in [7, 11) is 0. The van der Waals surface area contributed by atoms with Crippen molar-refractivity contribution < 1.29 is 9.59 Å². The van der Waals surface area contributed by atoms with Crippen molar-refractivity contribution in [2.45, 2.75) is 51.7 Å². The minimum atomic E-state index is -0.231. The summed E-state index contributed by atoms with van der Waals surface area (Å²) in [6.45, 7) is 8.49. The standard InChI is InChI=1S/C15H24N6O2/c1-15(2,3)16-14(23)20-9-12(10-20)21-8-11(17-18-21)7-19-6-4-5-13(19)22/h8,12H,4-7,9-10H2,1-3H3,(H,16,23). The third-order valence-corrected chi connectivity index (χ3v) is 4.09. The Hall–Kier alpha value is -2.12. The van der Waals surface area contributed by atoms with Crippen LogP contribution in [0.3, 0.4) is 0 Å². The molecule has 2 aliphatic heterocycles. The number of hydrogen-bond acceptors (Lipinski definition) is 4. The van der Waals surface area contributed by atoms with E-state index in [-0.39, 0.29) is 23.5 Å². The lowest BCUT2D eigenvalue weighted by Crippen LogP contribution is -2.57. The summed E-state index contributed by atoms with van der Waals surface area (Å²) < 4.78 is 1.80. The molecular weight excluding hydrogens is 296 g/mol. The molecule has 8 nitrogen and oxygen atoms in total. The zero-order valence-electron chi connectivity index (χ0n) is 13.9. The summed E-state index contributed by atoms with van der Waals surface area (Å²) in [6.07, 6.45) is 3.44. The van der Waals surface area contributed by atoms with Gasteiger partial charge in [-0.1, -0.05) is 5.21 Å². The first-order valence-electron chi connectivity index (χ1n) is 8.07. The zero-order chi connectivity index (χ0) is 16.6.